The molecule has 5 heteroatoms. The molecular weight excluding hydrogens is 462 g/mol. The molecule has 1 aliphatic carbocycles. The van der Waals surface area contributed by atoms with Gasteiger partial charge in [0.15, 0.2) is 11.5 Å². The topological polar surface area (TPSA) is 73.2 Å². The van der Waals surface area contributed by atoms with Crippen molar-refractivity contribution in [2.75, 3.05) is 26.8 Å². The van der Waals surface area contributed by atoms with E-state index in [-0.39, 0.29) is 28.2 Å². The lowest BCUT2D eigenvalue weighted by atomic mass is 9.68. The number of hydrogen-bond donors (Lipinski definition) is 3. The first kappa shape index (κ1) is 33.3. The number of aromatic hydroxyl groups is 2. The van der Waals surface area contributed by atoms with Crippen molar-refractivity contribution in [3.63, 3.8) is 0 Å². The number of benzene rings is 1. The fraction of sp³-hybridized carbons (Fsp3) is 0.750. The molecule has 212 valence electrons. The predicted octanol–water partition coefficient (Wildman–Crippen LogP) is 6.65. The second-order valence-electron chi connectivity index (χ2n) is 12.7. The van der Waals surface area contributed by atoms with E-state index in [4.69, 9.17) is 4.74 Å². The Morgan fingerprint density at radius 1 is 1.08 bits per heavy atom. The maximum atomic E-state index is 11.4. The van der Waals surface area contributed by atoms with Gasteiger partial charge in [0.1, 0.15) is 0 Å². The quantitative estimate of drug-likeness (QED) is 0.190. The Balaban J connectivity index is 0.00000334. The number of phenols is 2. The van der Waals surface area contributed by atoms with Gasteiger partial charge in [0.25, 0.3) is 0 Å². The molecule has 1 aromatic rings. The molecule has 0 spiro atoms. The van der Waals surface area contributed by atoms with Gasteiger partial charge in [0.2, 0.25) is 0 Å². The summed E-state index contributed by atoms with van der Waals surface area (Å²) in [6.45, 7) is 19.6. The highest BCUT2D eigenvalue weighted by Gasteiger charge is 2.42. The first-order chi connectivity index (χ1) is 17.2. The molecule has 2 rings (SSSR count). The molecule has 37 heavy (non-hydrogen) atoms. The lowest BCUT2D eigenvalue weighted by molar-refractivity contribution is -0.111. The highest BCUT2D eigenvalue weighted by molar-refractivity contribution is 5.52. The maximum Gasteiger partial charge on any atom is 0.161 e. The van der Waals surface area contributed by atoms with Crippen molar-refractivity contribution in [3.05, 3.63) is 23.3 Å². The van der Waals surface area contributed by atoms with Gasteiger partial charge in [-0.05, 0) is 94.2 Å². The summed E-state index contributed by atoms with van der Waals surface area (Å²) in [4.78, 5) is 2.62. The zero-order valence-corrected chi connectivity index (χ0v) is 25.1. The summed E-state index contributed by atoms with van der Waals surface area (Å²) in [6, 6.07) is 3.87. The smallest absolute Gasteiger partial charge is 0.161 e. The van der Waals surface area contributed by atoms with E-state index >= 15 is 0 Å². The van der Waals surface area contributed by atoms with Gasteiger partial charge in [0, 0.05) is 31.2 Å². The fourth-order valence-corrected chi connectivity index (χ4v) is 5.40. The van der Waals surface area contributed by atoms with Crippen molar-refractivity contribution in [1.82, 2.24) is 4.90 Å². The number of terminal acetylenes is 1. The van der Waals surface area contributed by atoms with E-state index in [1.54, 1.807) is 13.2 Å². The molecule has 0 radical (unpaired) electrons. The van der Waals surface area contributed by atoms with Crippen LogP contribution < -0.4 is 0 Å². The summed E-state index contributed by atoms with van der Waals surface area (Å²) >= 11 is 0. The lowest BCUT2D eigenvalue weighted by Gasteiger charge is -2.44. The second kappa shape index (κ2) is 13.9. The van der Waals surface area contributed by atoms with Gasteiger partial charge in [0.05, 0.1) is 12.2 Å². The first-order valence-electron chi connectivity index (χ1n) is 14.0. The molecule has 1 aliphatic rings. The molecule has 1 saturated carbocycles. The van der Waals surface area contributed by atoms with Crippen LogP contribution in [0.15, 0.2) is 12.1 Å². The molecule has 0 saturated heterocycles. The molecule has 0 aromatic heterocycles. The molecule has 3 unspecified atom stereocenters. The number of aryl methyl sites for hydroxylation is 1. The molecule has 0 heterocycles. The highest BCUT2D eigenvalue weighted by atomic mass is 16.5. The summed E-state index contributed by atoms with van der Waals surface area (Å²) in [5.41, 5.74) is 0.647. The van der Waals surface area contributed by atoms with Crippen molar-refractivity contribution in [1.29, 1.82) is 0 Å². The predicted molar refractivity (Wildman–Crippen MR) is 155 cm³/mol. The second-order valence-corrected chi connectivity index (χ2v) is 12.7. The van der Waals surface area contributed by atoms with Gasteiger partial charge in [-0.3, -0.25) is 0 Å². The fourth-order valence-electron chi connectivity index (χ4n) is 5.40. The average Bonchev–Trinajstić information content (AvgIpc) is 3.66. The van der Waals surface area contributed by atoms with Crippen molar-refractivity contribution < 1.29 is 20.1 Å². The Morgan fingerprint density at radius 3 is 2.16 bits per heavy atom. The van der Waals surface area contributed by atoms with Crippen molar-refractivity contribution >= 4 is 0 Å². The molecule has 1 fully saturated rings. The first-order valence-corrected chi connectivity index (χ1v) is 14.0. The van der Waals surface area contributed by atoms with E-state index in [0.29, 0.717) is 12.6 Å². The lowest BCUT2D eigenvalue weighted by Crippen LogP contribution is -2.49. The number of hydrogen-bond acceptors (Lipinski definition) is 5. The minimum absolute atomic E-state index is 0.0305. The van der Waals surface area contributed by atoms with Gasteiger partial charge >= 0.3 is 0 Å². The number of nitrogens with zero attached hydrogens (tertiary/aromatic N) is 1. The standard InChI is InChI=1S/C30H53NO4.C2H2/c1-10-29(7,26-21(2)11-16-25(32)27(26)33)17-18-31(19-23-13-14-23)22(3)12-15-24(20-35-9)30(8,34)28(4,5)6;1-2/h11,16,22-24,32-34H,10,12-15,17-20H2,1-9H3;1-2H/t22?,24?,29?,30-;/m0./s1. The van der Waals surface area contributed by atoms with E-state index in [1.165, 1.54) is 12.8 Å². The third-order valence-electron chi connectivity index (χ3n) is 9.13. The Hall–Kier alpha value is -1.74. The zero-order valence-electron chi connectivity index (χ0n) is 25.1. The number of ether oxygens (including phenoxy) is 1. The van der Waals surface area contributed by atoms with E-state index in [1.807, 2.05) is 19.9 Å². The number of aliphatic hydroxyl groups is 1. The summed E-state index contributed by atoms with van der Waals surface area (Å²) in [6.07, 6.45) is 14.3. The van der Waals surface area contributed by atoms with Crippen LogP contribution in [0.1, 0.15) is 98.1 Å². The summed E-state index contributed by atoms with van der Waals surface area (Å²) < 4.78 is 5.52. The van der Waals surface area contributed by atoms with Crippen LogP contribution in [0.2, 0.25) is 0 Å². The normalized spacial score (nSPS) is 18.8. The molecule has 1 aromatic carbocycles. The minimum atomic E-state index is -0.810. The minimum Gasteiger partial charge on any atom is -0.504 e. The zero-order chi connectivity index (χ0) is 28.6. The van der Waals surface area contributed by atoms with Crippen LogP contribution >= 0.6 is 0 Å². The Kier molecular flexibility index (Phi) is 12.5. The van der Waals surface area contributed by atoms with Gasteiger partial charge in [-0.15, -0.1) is 12.8 Å². The van der Waals surface area contributed by atoms with E-state index in [9.17, 15) is 15.3 Å². The Morgan fingerprint density at radius 2 is 1.68 bits per heavy atom. The largest absolute Gasteiger partial charge is 0.504 e. The number of rotatable bonds is 14. The van der Waals surface area contributed by atoms with Crippen LogP contribution in [0.5, 0.6) is 11.5 Å². The highest BCUT2D eigenvalue weighted by Crippen LogP contribution is 2.44. The Bertz CT molecular complexity index is 852. The third kappa shape index (κ3) is 8.63. The van der Waals surface area contributed by atoms with Crippen LogP contribution in [0, 0.1) is 37.0 Å². The van der Waals surface area contributed by atoms with Gasteiger partial charge in [-0.25, -0.2) is 0 Å². The number of methoxy groups -OCH3 is 1. The van der Waals surface area contributed by atoms with Crippen LogP contribution in [0.25, 0.3) is 0 Å². The van der Waals surface area contributed by atoms with E-state index < -0.39 is 5.60 Å². The third-order valence-corrected chi connectivity index (χ3v) is 9.13. The molecular formula is C32H55NO4. The van der Waals surface area contributed by atoms with Crippen molar-refractivity contribution in [3.8, 4) is 24.3 Å². The van der Waals surface area contributed by atoms with Gasteiger partial charge < -0.3 is 25.0 Å². The van der Waals surface area contributed by atoms with Gasteiger partial charge in [-0.2, -0.15) is 0 Å². The van der Waals surface area contributed by atoms with Crippen LogP contribution in [0.3, 0.4) is 0 Å². The van der Waals surface area contributed by atoms with Crippen LogP contribution in [0.4, 0.5) is 0 Å². The molecule has 5 nitrogen and oxygen atoms in total. The van der Waals surface area contributed by atoms with Crippen LogP contribution in [-0.2, 0) is 10.2 Å². The molecule has 0 aliphatic heterocycles. The molecule has 0 amide bonds. The summed E-state index contributed by atoms with van der Waals surface area (Å²) in [5, 5.41) is 32.2. The number of phenolic OH excluding ortho intramolecular Hbond substituents is 2. The molecule has 4 atom stereocenters. The SMILES string of the molecule is C#C.CCC(C)(CCN(CC1CC1)C(C)CCC(COC)[C@](C)(O)C(C)(C)C)c1c(C)ccc(O)c1O. The molecule has 0 bridgehead atoms. The van der Waals surface area contributed by atoms with Crippen molar-refractivity contribution in [2.24, 2.45) is 17.3 Å². The maximum absolute atomic E-state index is 11.4. The Labute approximate surface area is 227 Å². The van der Waals surface area contributed by atoms with Gasteiger partial charge in [-0.1, -0.05) is 40.7 Å². The average molecular weight is 518 g/mol. The molecule has 3 N–H and O–H groups in total. The van der Waals surface area contributed by atoms with E-state index in [2.05, 4.69) is 59.3 Å². The summed E-state index contributed by atoms with van der Waals surface area (Å²) in [5.74, 6) is 0.853. The van der Waals surface area contributed by atoms with Crippen LogP contribution in [-0.4, -0.2) is 58.7 Å². The monoisotopic (exact) mass is 517 g/mol. The van der Waals surface area contributed by atoms with Crippen molar-refractivity contribution in [2.45, 2.75) is 111 Å². The van der Waals surface area contributed by atoms with E-state index in [0.717, 1.165) is 55.8 Å². The summed E-state index contributed by atoms with van der Waals surface area (Å²) in [7, 11) is 1.72.